The van der Waals surface area contributed by atoms with Crippen molar-refractivity contribution in [2.24, 2.45) is 0 Å². The lowest BCUT2D eigenvalue weighted by molar-refractivity contribution is -0.121. The maximum Gasteiger partial charge on any atom is 0.247 e. The molecule has 23 heavy (non-hydrogen) atoms. The molecule has 1 aliphatic rings. The quantitative estimate of drug-likeness (QED) is 0.738. The lowest BCUT2D eigenvalue weighted by atomic mass is 10.2. The van der Waals surface area contributed by atoms with Crippen molar-refractivity contribution in [3.63, 3.8) is 0 Å². The van der Waals surface area contributed by atoms with Crippen molar-refractivity contribution in [1.29, 1.82) is 0 Å². The van der Waals surface area contributed by atoms with Crippen LogP contribution >= 0.6 is 35.0 Å². The van der Waals surface area contributed by atoms with Crippen LogP contribution in [0.2, 0.25) is 10.0 Å². The van der Waals surface area contributed by atoms with Gasteiger partial charge < -0.3 is 0 Å². The lowest BCUT2D eigenvalue weighted by Gasteiger charge is -2.15. The van der Waals surface area contributed by atoms with Crippen LogP contribution in [0.4, 0.5) is 5.69 Å². The molecule has 0 spiro atoms. The minimum Gasteiger partial charge on any atom is -0.274 e. The van der Waals surface area contributed by atoms with Gasteiger partial charge in [0.1, 0.15) is 0 Å². The highest BCUT2D eigenvalue weighted by Gasteiger charge is 2.40. The lowest BCUT2D eigenvalue weighted by Crippen LogP contribution is -2.31. The monoisotopic (exact) mass is 365 g/mol. The second-order valence-corrected chi connectivity index (χ2v) is 7.47. The predicted molar refractivity (Wildman–Crippen MR) is 94.4 cm³/mol. The molecule has 1 fully saturated rings. The van der Waals surface area contributed by atoms with Crippen molar-refractivity contribution in [3.8, 4) is 0 Å². The van der Waals surface area contributed by atoms with Crippen LogP contribution in [-0.4, -0.2) is 17.1 Å². The van der Waals surface area contributed by atoms with Gasteiger partial charge in [-0.15, -0.1) is 11.8 Å². The minimum atomic E-state index is -0.428. The highest BCUT2D eigenvalue weighted by Crippen LogP contribution is 2.35. The number of amides is 2. The summed E-state index contributed by atoms with van der Waals surface area (Å²) in [7, 11) is 0. The van der Waals surface area contributed by atoms with Crippen LogP contribution in [0, 0.1) is 6.92 Å². The summed E-state index contributed by atoms with van der Waals surface area (Å²) in [5.74, 6) is -0.475. The second kappa shape index (κ2) is 6.56. The summed E-state index contributed by atoms with van der Waals surface area (Å²) in [4.78, 5) is 27.0. The fourth-order valence-electron chi connectivity index (χ4n) is 2.42. The molecule has 2 amide bonds. The van der Waals surface area contributed by atoms with Crippen LogP contribution in [0.15, 0.2) is 47.4 Å². The Morgan fingerprint density at radius 3 is 2.26 bits per heavy atom. The van der Waals surface area contributed by atoms with Gasteiger partial charge in [-0.1, -0.05) is 40.9 Å². The molecule has 1 aliphatic heterocycles. The Kier molecular flexibility index (Phi) is 4.67. The molecule has 3 nitrogen and oxygen atoms in total. The van der Waals surface area contributed by atoms with Gasteiger partial charge in [0, 0.05) is 21.4 Å². The third-order valence-corrected chi connectivity index (χ3v) is 5.14. The van der Waals surface area contributed by atoms with Gasteiger partial charge in [-0.3, -0.25) is 9.59 Å². The van der Waals surface area contributed by atoms with Gasteiger partial charge in [0.05, 0.1) is 10.9 Å². The van der Waals surface area contributed by atoms with E-state index in [4.69, 9.17) is 23.2 Å². The predicted octanol–water partition coefficient (Wildman–Crippen LogP) is 4.73. The van der Waals surface area contributed by atoms with E-state index in [1.807, 2.05) is 31.2 Å². The Hall–Kier alpha value is -1.49. The second-order valence-electron chi connectivity index (χ2n) is 5.32. The molecule has 1 heterocycles. The smallest absolute Gasteiger partial charge is 0.247 e. The summed E-state index contributed by atoms with van der Waals surface area (Å²) >= 11 is 13.3. The summed E-state index contributed by atoms with van der Waals surface area (Å²) in [5.41, 5.74) is 1.57. The Balaban J connectivity index is 1.83. The van der Waals surface area contributed by atoms with Gasteiger partial charge in [-0.2, -0.15) is 0 Å². The van der Waals surface area contributed by atoms with E-state index in [1.165, 1.54) is 16.7 Å². The molecule has 2 aromatic rings. The molecule has 0 N–H and O–H groups in total. The molecule has 3 rings (SSSR count). The first-order chi connectivity index (χ1) is 10.9. The number of anilines is 1. The standard InChI is InChI=1S/C17H13Cl2NO2S/c1-10-2-4-14(5-3-10)23-15-9-16(21)20(17(15)22)13-7-11(18)6-12(19)8-13/h2-8,15H,9H2,1H3/t15-/m1/s1. The normalized spacial score (nSPS) is 17.9. The van der Waals surface area contributed by atoms with Crippen molar-refractivity contribution < 1.29 is 9.59 Å². The number of hydrogen-bond donors (Lipinski definition) is 0. The van der Waals surface area contributed by atoms with Gasteiger partial charge in [-0.05, 0) is 37.3 Å². The van der Waals surface area contributed by atoms with Crippen molar-refractivity contribution in [3.05, 3.63) is 58.1 Å². The van der Waals surface area contributed by atoms with Crippen LogP contribution < -0.4 is 4.90 Å². The summed E-state index contributed by atoms with van der Waals surface area (Å²) in [6.07, 6.45) is 0.168. The largest absolute Gasteiger partial charge is 0.274 e. The minimum absolute atomic E-state index is 0.168. The number of imide groups is 1. The van der Waals surface area contributed by atoms with E-state index in [9.17, 15) is 9.59 Å². The number of hydrogen-bond acceptors (Lipinski definition) is 3. The Morgan fingerprint density at radius 2 is 1.65 bits per heavy atom. The number of benzene rings is 2. The average molecular weight is 366 g/mol. The van der Waals surface area contributed by atoms with Gasteiger partial charge >= 0.3 is 0 Å². The fraction of sp³-hybridized carbons (Fsp3) is 0.176. The number of thioether (sulfide) groups is 1. The SMILES string of the molecule is Cc1ccc(S[C@@H]2CC(=O)N(c3cc(Cl)cc(Cl)c3)C2=O)cc1. The molecule has 0 bridgehead atoms. The van der Waals surface area contributed by atoms with Crippen LogP contribution in [0.1, 0.15) is 12.0 Å². The number of carbonyl (C=O) groups is 2. The van der Waals surface area contributed by atoms with Crippen LogP contribution in [-0.2, 0) is 9.59 Å². The van der Waals surface area contributed by atoms with E-state index in [0.29, 0.717) is 15.7 Å². The van der Waals surface area contributed by atoms with Gasteiger partial charge in [0.25, 0.3) is 0 Å². The third-order valence-electron chi connectivity index (χ3n) is 3.51. The molecule has 0 saturated carbocycles. The van der Waals surface area contributed by atoms with Crippen LogP contribution in [0.25, 0.3) is 0 Å². The zero-order valence-corrected chi connectivity index (χ0v) is 14.6. The van der Waals surface area contributed by atoms with Crippen LogP contribution in [0.5, 0.6) is 0 Å². The Bertz CT molecular complexity index is 756. The summed E-state index contributed by atoms with van der Waals surface area (Å²) in [5, 5.41) is 0.355. The summed E-state index contributed by atoms with van der Waals surface area (Å²) < 4.78 is 0. The molecular formula is C17H13Cl2NO2S. The fourth-order valence-corrected chi connectivity index (χ4v) is 3.99. The average Bonchev–Trinajstić information content (AvgIpc) is 2.75. The molecule has 2 aromatic carbocycles. The molecule has 1 atom stereocenters. The maximum atomic E-state index is 12.6. The molecular weight excluding hydrogens is 353 g/mol. The topological polar surface area (TPSA) is 37.4 Å². The van der Waals surface area contributed by atoms with E-state index < -0.39 is 5.25 Å². The van der Waals surface area contributed by atoms with Gasteiger partial charge in [0.15, 0.2) is 0 Å². The maximum absolute atomic E-state index is 12.6. The van der Waals surface area contributed by atoms with Gasteiger partial charge in [0.2, 0.25) is 11.8 Å². The molecule has 0 aromatic heterocycles. The molecule has 0 radical (unpaired) electrons. The highest BCUT2D eigenvalue weighted by molar-refractivity contribution is 8.00. The first-order valence-corrected chi connectivity index (χ1v) is 8.64. The molecule has 6 heteroatoms. The Labute approximate surface area is 148 Å². The van der Waals surface area contributed by atoms with E-state index in [2.05, 4.69) is 0 Å². The third kappa shape index (κ3) is 3.55. The zero-order chi connectivity index (χ0) is 16.6. The van der Waals surface area contributed by atoms with E-state index in [0.717, 1.165) is 10.5 Å². The van der Waals surface area contributed by atoms with E-state index >= 15 is 0 Å². The highest BCUT2D eigenvalue weighted by atomic mass is 35.5. The number of nitrogens with zero attached hydrogens (tertiary/aromatic N) is 1. The van der Waals surface area contributed by atoms with Crippen molar-refractivity contribution >= 4 is 52.5 Å². The number of rotatable bonds is 3. The number of aryl methyl sites for hydroxylation is 1. The number of carbonyl (C=O) groups excluding carboxylic acids is 2. The zero-order valence-electron chi connectivity index (χ0n) is 12.3. The molecule has 0 aliphatic carbocycles. The summed E-state index contributed by atoms with van der Waals surface area (Å²) in [6.45, 7) is 2.00. The summed E-state index contributed by atoms with van der Waals surface area (Å²) in [6, 6.07) is 12.6. The van der Waals surface area contributed by atoms with Gasteiger partial charge in [-0.25, -0.2) is 4.90 Å². The first-order valence-electron chi connectivity index (χ1n) is 7.00. The Morgan fingerprint density at radius 1 is 1.04 bits per heavy atom. The number of halogens is 2. The van der Waals surface area contributed by atoms with Crippen molar-refractivity contribution in [2.45, 2.75) is 23.5 Å². The van der Waals surface area contributed by atoms with Crippen molar-refractivity contribution in [2.75, 3.05) is 4.90 Å². The van der Waals surface area contributed by atoms with E-state index in [-0.39, 0.29) is 18.2 Å². The van der Waals surface area contributed by atoms with Crippen molar-refractivity contribution in [1.82, 2.24) is 0 Å². The van der Waals surface area contributed by atoms with Crippen LogP contribution in [0.3, 0.4) is 0 Å². The molecule has 1 saturated heterocycles. The molecule has 118 valence electrons. The molecule has 0 unspecified atom stereocenters. The van der Waals surface area contributed by atoms with E-state index in [1.54, 1.807) is 18.2 Å². The first kappa shape index (κ1) is 16.4.